The number of fused-ring (bicyclic) bond motifs is 3. The minimum absolute atomic E-state index is 0.0190. The number of ether oxygens (including phenoxy) is 2. The Morgan fingerprint density at radius 3 is 2.56 bits per heavy atom. The minimum Gasteiger partial charge on any atom is -0.496 e. The van der Waals surface area contributed by atoms with Gasteiger partial charge in [-0.25, -0.2) is 9.18 Å². The van der Waals surface area contributed by atoms with Crippen LogP contribution in [0.15, 0.2) is 35.5 Å². The number of methoxy groups -OCH3 is 2. The number of imidazole rings is 1. The number of aromatic amines is 1. The molecule has 0 saturated heterocycles. The van der Waals surface area contributed by atoms with E-state index in [0.29, 0.717) is 27.7 Å². The van der Waals surface area contributed by atoms with E-state index in [0.717, 1.165) is 23.0 Å². The Hall–Kier alpha value is -4.08. The van der Waals surface area contributed by atoms with Crippen molar-refractivity contribution < 1.29 is 13.9 Å². The summed E-state index contributed by atoms with van der Waals surface area (Å²) in [6, 6.07) is 3.71. The molecule has 0 fully saturated rings. The van der Waals surface area contributed by atoms with Crippen LogP contribution < -0.4 is 15.2 Å². The van der Waals surface area contributed by atoms with Gasteiger partial charge in [-0.05, 0) is 13.0 Å². The van der Waals surface area contributed by atoms with Crippen molar-refractivity contribution >= 4 is 21.9 Å². The number of nitrogens with one attached hydrogen (secondary N) is 1. The summed E-state index contributed by atoms with van der Waals surface area (Å²) in [5.41, 5.74) is 3.80. The quantitative estimate of drug-likeness (QED) is 0.468. The monoisotopic (exact) mass is 436 g/mol. The predicted octanol–water partition coefficient (Wildman–Crippen LogP) is 3.07. The number of halogens is 1. The third-order valence-corrected chi connectivity index (χ3v) is 5.71. The first-order chi connectivity index (χ1) is 15.3. The van der Waals surface area contributed by atoms with Crippen LogP contribution in [-0.2, 0) is 14.1 Å². The normalized spacial score (nSPS) is 11.6. The summed E-state index contributed by atoms with van der Waals surface area (Å²) in [5, 5.41) is 5.10. The molecule has 0 atom stereocenters. The van der Waals surface area contributed by atoms with Gasteiger partial charge in [0.1, 0.15) is 11.4 Å². The molecule has 164 valence electrons. The molecular weight excluding hydrogens is 415 g/mol. The smallest absolute Gasteiger partial charge is 0.333 e. The van der Waals surface area contributed by atoms with Gasteiger partial charge in [0.15, 0.2) is 5.82 Å². The van der Waals surface area contributed by atoms with Gasteiger partial charge in [-0.1, -0.05) is 0 Å². The lowest BCUT2D eigenvalue weighted by atomic mass is 10.0. The van der Waals surface area contributed by atoms with Crippen LogP contribution in [0.1, 0.15) is 5.69 Å². The fraction of sp³-hybridized carbons (Fsp3) is 0.227. The van der Waals surface area contributed by atoms with Crippen molar-refractivity contribution in [3.05, 3.63) is 52.7 Å². The van der Waals surface area contributed by atoms with E-state index >= 15 is 0 Å². The molecule has 1 aromatic carbocycles. The molecule has 32 heavy (non-hydrogen) atoms. The molecule has 0 aliphatic carbocycles. The topological polar surface area (TPSA) is 91.9 Å². The number of aromatic nitrogens is 6. The molecule has 0 spiro atoms. The molecule has 0 amide bonds. The van der Waals surface area contributed by atoms with Crippen molar-refractivity contribution in [2.24, 2.45) is 14.1 Å². The highest BCUT2D eigenvalue weighted by Crippen LogP contribution is 2.38. The first-order valence-corrected chi connectivity index (χ1v) is 9.85. The zero-order chi connectivity index (χ0) is 22.7. The lowest BCUT2D eigenvalue weighted by Gasteiger charge is -2.12. The van der Waals surface area contributed by atoms with Crippen LogP contribution in [-0.4, -0.2) is 43.1 Å². The van der Waals surface area contributed by atoms with E-state index in [1.807, 2.05) is 32.3 Å². The van der Waals surface area contributed by atoms with Crippen LogP contribution in [0, 0.1) is 12.7 Å². The molecule has 0 aliphatic heterocycles. The highest BCUT2D eigenvalue weighted by Gasteiger charge is 2.24. The van der Waals surface area contributed by atoms with Crippen LogP contribution in [0.3, 0.4) is 0 Å². The number of hydrogen-bond donors (Lipinski definition) is 1. The van der Waals surface area contributed by atoms with Gasteiger partial charge in [0.2, 0.25) is 5.88 Å². The largest absolute Gasteiger partial charge is 0.496 e. The molecule has 0 unspecified atom stereocenters. The van der Waals surface area contributed by atoms with Crippen LogP contribution in [0.25, 0.3) is 38.8 Å². The average molecular weight is 436 g/mol. The maximum atomic E-state index is 14.8. The number of aryl methyl sites for hydroxylation is 3. The van der Waals surface area contributed by atoms with Gasteiger partial charge < -0.3 is 14.5 Å². The molecule has 10 heteroatoms. The number of rotatable bonds is 4. The van der Waals surface area contributed by atoms with Crippen molar-refractivity contribution in [1.82, 2.24) is 28.9 Å². The van der Waals surface area contributed by atoms with Gasteiger partial charge in [0, 0.05) is 49.1 Å². The number of nitrogens with zero attached hydrogens (tertiary/aromatic N) is 5. The second kappa shape index (κ2) is 6.98. The van der Waals surface area contributed by atoms with Crippen LogP contribution >= 0.6 is 0 Å². The molecule has 1 N–H and O–H groups in total. The molecule has 9 nitrogen and oxygen atoms in total. The molecule has 0 aliphatic rings. The van der Waals surface area contributed by atoms with Crippen molar-refractivity contribution in [1.29, 1.82) is 0 Å². The third-order valence-electron chi connectivity index (χ3n) is 5.71. The fourth-order valence-corrected chi connectivity index (χ4v) is 4.21. The lowest BCUT2D eigenvalue weighted by molar-refractivity contribution is 0.397. The molecule has 4 aromatic heterocycles. The SMILES string of the molecule is COc1cc2ncc3c(c2cc1-c1cn(C)nc1C)n(-c1c(F)c[nH]c1OC)c(=O)n3C. The van der Waals surface area contributed by atoms with Gasteiger partial charge in [-0.2, -0.15) is 5.10 Å². The molecular formula is C22H21FN6O3. The highest BCUT2D eigenvalue weighted by atomic mass is 19.1. The Bertz CT molecular complexity index is 1570. The molecule has 5 rings (SSSR count). The summed E-state index contributed by atoms with van der Waals surface area (Å²) in [5.74, 6) is 0.174. The third kappa shape index (κ3) is 2.65. The molecule has 0 radical (unpaired) electrons. The number of H-pyrrole nitrogens is 1. The zero-order valence-corrected chi connectivity index (χ0v) is 18.2. The fourth-order valence-electron chi connectivity index (χ4n) is 4.21. The number of hydrogen-bond acceptors (Lipinski definition) is 5. The maximum absolute atomic E-state index is 14.8. The molecule has 4 heterocycles. The van der Waals surface area contributed by atoms with E-state index in [4.69, 9.17) is 9.47 Å². The standard InChI is InChI=1S/C22H21FN6O3/c1-11-14(10-27(2)26-11)12-6-13-16(7-18(12)31-4)24-9-17-19(13)29(22(30)28(17)3)20-15(23)8-25-21(20)32-5/h6-10,25H,1-5H3. The maximum Gasteiger partial charge on any atom is 0.333 e. The van der Waals surface area contributed by atoms with Crippen LogP contribution in [0.4, 0.5) is 4.39 Å². The van der Waals surface area contributed by atoms with E-state index < -0.39 is 11.5 Å². The molecule has 0 bridgehead atoms. The number of pyridine rings is 1. The van der Waals surface area contributed by atoms with Gasteiger partial charge in [-0.15, -0.1) is 0 Å². The Labute approximate surface area is 181 Å². The molecule has 5 aromatic rings. The summed E-state index contributed by atoms with van der Waals surface area (Å²) in [6.45, 7) is 1.91. The van der Waals surface area contributed by atoms with E-state index in [1.54, 1.807) is 25.0 Å². The van der Waals surface area contributed by atoms with E-state index in [-0.39, 0.29) is 11.6 Å². The van der Waals surface area contributed by atoms with Gasteiger partial charge in [-0.3, -0.25) is 18.8 Å². The zero-order valence-electron chi connectivity index (χ0n) is 18.2. The Morgan fingerprint density at radius 1 is 1.12 bits per heavy atom. The van der Waals surface area contributed by atoms with E-state index in [2.05, 4.69) is 15.1 Å². The molecule has 0 saturated carbocycles. The van der Waals surface area contributed by atoms with E-state index in [9.17, 15) is 9.18 Å². The van der Waals surface area contributed by atoms with Crippen molar-refractivity contribution in [2.45, 2.75) is 6.92 Å². The second-order valence-corrected chi connectivity index (χ2v) is 7.56. The highest BCUT2D eigenvalue weighted by molar-refractivity contribution is 6.06. The summed E-state index contributed by atoms with van der Waals surface area (Å²) < 4.78 is 30.2. The first-order valence-electron chi connectivity index (χ1n) is 9.85. The van der Waals surface area contributed by atoms with Crippen LogP contribution in [0.2, 0.25) is 0 Å². The van der Waals surface area contributed by atoms with Crippen LogP contribution in [0.5, 0.6) is 11.6 Å². The summed E-state index contributed by atoms with van der Waals surface area (Å²) in [7, 11) is 6.48. The Morgan fingerprint density at radius 2 is 1.91 bits per heavy atom. The van der Waals surface area contributed by atoms with Gasteiger partial charge in [0.05, 0.1) is 42.7 Å². The van der Waals surface area contributed by atoms with Crippen molar-refractivity contribution in [3.63, 3.8) is 0 Å². The van der Waals surface area contributed by atoms with Gasteiger partial charge in [0.25, 0.3) is 0 Å². The van der Waals surface area contributed by atoms with E-state index in [1.165, 1.54) is 16.2 Å². The minimum atomic E-state index is -0.599. The Balaban J connectivity index is 1.96. The van der Waals surface area contributed by atoms with Crippen molar-refractivity contribution in [3.8, 4) is 28.4 Å². The summed E-state index contributed by atoms with van der Waals surface area (Å²) in [6.07, 6.45) is 4.66. The summed E-state index contributed by atoms with van der Waals surface area (Å²) >= 11 is 0. The average Bonchev–Trinajstić information content (AvgIpc) is 3.40. The lowest BCUT2D eigenvalue weighted by Crippen LogP contribution is -2.21. The Kier molecular flexibility index (Phi) is 4.33. The van der Waals surface area contributed by atoms with Gasteiger partial charge >= 0.3 is 5.69 Å². The first kappa shape index (κ1) is 19.9. The number of benzene rings is 1. The predicted molar refractivity (Wildman–Crippen MR) is 118 cm³/mol. The van der Waals surface area contributed by atoms with Crippen molar-refractivity contribution in [2.75, 3.05) is 14.2 Å². The second-order valence-electron chi connectivity index (χ2n) is 7.56. The summed E-state index contributed by atoms with van der Waals surface area (Å²) in [4.78, 5) is 20.5.